The first-order chi connectivity index (χ1) is 12.7. The minimum absolute atomic E-state index is 0.0223. The summed E-state index contributed by atoms with van der Waals surface area (Å²) in [5, 5.41) is 28.9. The zero-order valence-electron chi connectivity index (χ0n) is 15.4. The van der Waals surface area contributed by atoms with E-state index >= 15 is 0 Å². The van der Waals surface area contributed by atoms with Gasteiger partial charge in [-0.3, -0.25) is 14.4 Å². The second kappa shape index (κ2) is 9.23. The third-order valence-electron chi connectivity index (χ3n) is 4.63. The number of phenols is 2. The normalized spacial score (nSPS) is 18.5. The molecule has 1 aliphatic rings. The Morgan fingerprint density at radius 3 is 2.52 bits per heavy atom. The zero-order chi connectivity index (χ0) is 20.1. The standard InChI is InChI=1S/C19H25NO6S/c1-3-27-19(26)13-6-7-20(13)18(25)11(2)8-15(22)17(24)10-12-4-5-14(21)16(23)9-12/h4-5,9,11,13,17,21,23-24H,3,6-8,10H2,1-2H3. The number of phenolic OH excluding ortho intramolecular Hbond substituents is 2. The highest BCUT2D eigenvalue weighted by atomic mass is 32.2. The molecule has 1 aromatic rings. The molecular formula is C19H25NO6S. The number of benzene rings is 1. The number of carbonyl (C=O) groups is 3. The van der Waals surface area contributed by atoms with Gasteiger partial charge in [-0.1, -0.05) is 31.7 Å². The molecular weight excluding hydrogens is 370 g/mol. The Kier molecular flexibility index (Phi) is 7.26. The number of carbonyl (C=O) groups excluding carboxylic acids is 3. The summed E-state index contributed by atoms with van der Waals surface area (Å²) in [6.07, 6.45) is -0.812. The fourth-order valence-corrected chi connectivity index (χ4v) is 3.70. The summed E-state index contributed by atoms with van der Waals surface area (Å²) in [6.45, 7) is 4.00. The second-order valence-electron chi connectivity index (χ2n) is 6.70. The van der Waals surface area contributed by atoms with Crippen LogP contribution in [0.25, 0.3) is 0 Å². The summed E-state index contributed by atoms with van der Waals surface area (Å²) in [5.74, 6) is -1.30. The van der Waals surface area contributed by atoms with Crippen LogP contribution in [0.3, 0.4) is 0 Å². The van der Waals surface area contributed by atoms with Crippen LogP contribution in [0.4, 0.5) is 0 Å². The van der Waals surface area contributed by atoms with E-state index in [1.165, 1.54) is 34.9 Å². The lowest BCUT2D eigenvalue weighted by molar-refractivity contribution is -0.148. The predicted molar refractivity (Wildman–Crippen MR) is 102 cm³/mol. The van der Waals surface area contributed by atoms with E-state index in [-0.39, 0.29) is 35.4 Å². The molecule has 1 aliphatic heterocycles. The van der Waals surface area contributed by atoms with Gasteiger partial charge in [-0.05, 0) is 29.9 Å². The summed E-state index contributed by atoms with van der Waals surface area (Å²) in [6, 6.07) is 3.65. The van der Waals surface area contributed by atoms with Gasteiger partial charge in [0, 0.05) is 25.3 Å². The maximum atomic E-state index is 12.5. The third kappa shape index (κ3) is 5.23. The molecule has 148 valence electrons. The van der Waals surface area contributed by atoms with Gasteiger partial charge in [-0.2, -0.15) is 0 Å². The van der Waals surface area contributed by atoms with Gasteiger partial charge in [-0.25, -0.2) is 0 Å². The first kappa shape index (κ1) is 21.2. The van der Waals surface area contributed by atoms with Crippen LogP contribution < -0.4 is 0 Å². The molecule has 7 nitrogen and oxygen atoms in total. The molecule has 8 heteroatoms. The molecule has 1 fully saturated rings. The quantitative estimate of drug-likeness (QED) is 0.571. The van der Waals surface area contributed by atoms with Gasteiger partial charge >= 0.3 is 0 Å². The highest BCUT2D eigenvalue weighted by Crippen LogP contribution is 2.27. The van der Waals surface area contributed by atoms with E-state index < -0.39 is 23.8 Å². The number of thioether (sulfide) groups is 1. The maximum absolute atomic E-state index is 12.5. The summed E-state index contributed by atoms with van der Waals surface area (Å²) in [7, 11) is 0. The van der Waals surface area contributed by atoms with E-state index in [9.17, 15) is 29.7 Å². The van der Waals surface area contributed by atoms with Crippen molar-refractivity contribution in [3.8, 4) is 11.5 Å². The number of aromatic hydroxyl groups is 2. The molecule has 1 amide bonds. The number of rotatable bonds is 8. The molecule has 0 aromatic heterocycles. The molecule has 3 unspecified atom stereocenters. The number of hydrogen-bond acceptors (Lipinski definition) is 7. The Morgan fingerprint density at radius 2 is 1.96 bits per heavy atom. The monoisotopic (exact) mass is 395 g/mol. The fourth-order valence-electron chi connectivity index (χ4n) is 2.98. The Bertz CT molecular complexity index is 722. The fraction of sp³-hybridized carbons (Fsp3) is 0.526. The molecule has 0 radical (unpaired) electrons. The minimum Gasteiger partial charge on any atom is -0.504 e. The number of aliphatic hydroxyl groups excluding tert-OH is 1. The van der Waals surface area contributed by atoms with Crippen molar-refractivity contribution < 1.29 is 29.7 Å². The number of nitrogens with zero attached hydrogens (tertiary/aromatic N) is 1. The Morgan fingerprint density at radius 1 is 1.26 bits per heavy atom. The van der Waals surface area contributed by atoms with Crippen LogP contribution in [0.15, 0.2) is 18.2 Å². The van der Waals surface area contributed by atoms with Crippen molar-refractivity contribution in [3.63, 3.8) is 0 Å². The molecule has 3 N–H and O–H groups in total. The molecule has 2 rings (SSSR count). The summed E-state index contributed by atoms with van der Waals surface area (Å²) < 4.78 is 0. The summed E-state index contributed by atoms with van der Waals surface area (Å²) in [5.41, 5.74) is 0.495. The second-order valence-corrected chi connectivity index (χ2v) is 7.97. The van der Waals surface area contributed by atoms with Gasteiger partial charge in [0.25, 0.3) is 0 Å². The van der Waals surface area contributed by atoms with Gasteiger partial charge < -0.3 is 20.2 Å². The summed E-state index contributed by atoms with van der Waals surface area (Å²) >= 11 is 1.19. The first-order valence-electron chi connectivity index (χ1n) is 8.93. The van der Waals surface area contributed by atoms with Crippen molar-refractivity contribution in [1.29, 1.82) is 0 Å². The number of aliphatic hydroxyl groups is 1. The van der Waals surface area contributed by atoms with Crippen LogP contribution in [-0.2, 0) is 20.8 Å². The molecule has 0 spiro atoms. The Balaban J connectivity index is 1.89. The van der Waals surface area contributed by atoms with Crippen LogP contribution in [0.1, 0.15) is 32.3 Å². The number of ketones is 1. The lowest BCUT2D eigenvalue weighted by Gasteiger charge is -2.41. The van der Waals surface area contributed by atoms with Crippen LogP contribution >= 0.6 is 11.8 Å². The van der Waals surface area contributed by atoms with E-state index in [0.29, 0.717) is 24.3 Å². The van der Waals surface area contributed by atoms with Gasteiger partial charge in [0.2, 0.25) is 11.0 Å². The molecule has 27 heavy (non-hydrogen) atoms. The number of hydrogen-bond donors (Lipinski definition) is 3. The van der Waals surface area contributed by atoms with Crippen LogP contribution in [-0.4, -0.2) is 61.5 Å². The van der Waals surface area contributed by atoms with Crippen molar-refractivity contribution in [2.75, 3.05) is 12.3 Å². The van der Waals surface area contributed by atoms with E-state index in [1.807, 2.05) is 6.92 Å². The lowest BCUT2D eigenvalue weighted by atomic mass is 9.94. The smallest absolute Gasteiger partial charge is 0.226 e. The van der Waals surface area contributed by atoms with Crippen molar-refractivity contribution in [2.24, 2.45) is 5.92 Å². The highest BCUT2D eigenvalue weighted by Gasteiger charge is 2.39. The van der Waals surface area contributed by atoms with Crippen LogP contribution in [0, 0.1) is 5.92 Å². The Labute approximate surface area is 162 Å². The van der Waals surface area contributed by atoms with Crippen molar-refractivity contribution in [2.45, 2.75) is 45.3 Å². The van der Waals surface area contributed by atoms with Crippen molar-refractivity contribution >= 4 is 28.6 Å². The minimum atomic E-state index is -1.31. The molecule has 1 saturated heterocycles. The van der Waals surface area contributed by atoms with Gasteiger partial charge in [0.1, 0.15) is 12.1 Å². The van der Waals surface area contributed by atoms with Gasteiger partial charge in [0.15, 0.2) is 17.3 Å². The molecule has 1 heterocycles. The van der Waals surface area contributed by atoms with Gasteiger partial charge in [0.05, 0.1) is 0 Å². The zero-order valence-corrected chi connectivity index (χ0v) is 16.2. The third-order valence-corrected chi connectivity index (χ3v) is 5.48. The van der Waals surface area contributed by atoms with Gasteiger partial charge in [-0.15, -0.1) is 0 Å². The molecule has 0 aliphatic carbocycles. The van der Waals surface area contributed by atoms with E-state index in [2.05, 4.69) is 0 Å². The van der Waals surface area contributed by atoms with Crippen molar-refractivity contribution in [1.82, 2.24) is 4.90 Å². The van der Waals surface area contributed by atoms with Crippen LogP contribution in [0.2, 0.25) is 0 Å². The number of likely N-dealkylation sites (tertiary alicyclic amines) is 1. The van der Waals surface area contributed by atoms with E-state index in [4.69, 9.17) is 0 Å². The molecule has 3 atom stereocenters. The Hall–Kier alpha value is -2.06. The molecule has 1 aromatic carbocycles. The summed E-state index contributed by atoms with van der Waals surface area (Å²) in [4.78, 5) is 38.2. The molecule has 0 bridgehead atoms. The first-order valence-corrected chi connectivity index (χ1v) is 9.91. The number of Topliss-reactive ketones (excluding diaryl/α,β-unsaturated/α-hetero) is 1. The van der Waals surface area contributed by atoms with E-state index in [0.717, 1.165) is 0 Å². The lowest BCUT2D eigenvalue weighted by Crippen LogP contribution is -2.56. The SMILES string of the molecule is CCSC(=O)C1CCN1C(=O)C(C)CC(=O)C(O)Cc1ccc(O)c(O)c1. The highest BCUT2D eigenvalue weighted by molar-refractivity contribution is 8.13. The average molecular weight is 395 g/mol. The van der Waals surface area contributed by atoms with Crippen LogP contribution in [0.5, 0.6) is 11.5 Å². The predicted octanol–water partition coefficient (Wildman–Crippen LogP) is 1.48. The largest absolute Gasteiger partial charge is 0.504 e. The average Bonchev–Trinajstić information content (AvgIpc) is 2.57. The maximum Gasteiger partial charge on any atom is 0.226 e. The topological polar surface area (TPSA) is 115 Å². The number of amides is 1. The van der Waals surface area contributed by atoms with E-state index in [1.54, 1.807) is 6.92 Å². The molecule has 0 saturated carbocycles. The van der Waals surface area contributed by atoms with Crippen molar-refractivity contribution in [3.05, 3.63) is 23.8 Å².